The Balaban J connectivity index is 2.52. The van der Waals surface area contributed by atoms with Gasteiger partial charge in [0, 0.05) is 30.8 Å². The van der Waals surface area contributed by atoms with E-state index in [1.807, 2.05) is 0 Å². The summed E-state index contributed by atoms with van der Waals surface area (Å²) in [5.41, 5.74) is 0.541. The molecule has 1 amide bonds. The number of carbonyl (C=O) groups excluding carboxylic acids is 1. The summed E-state index contributed by atoms with van der Waals surface area (Å²) in [6.07, 6.45) is 0. The summed E-state index contributed by atoms with van der Waals surface area (Å²) in [6.45, 7) is 2.93. The first-order valence-electron chi connectivity index (χ1n) is 6.12. The highest BCUT2D eigenvalue weighted by molar-refractivity contribution is 6.35. The van der Waals surface area contributed by atoms with Crippen LogP contribution in [0.1, 0.15) is 12.5 Å². The first-order chi connectivity index (χ1) is 9.45. The van der Waals surface area contributed by atoms with Crippen LogP contribution in [-0.2, 0) is 16.1 Å². The Kier molecular flexibility index (Phi) is 7.09. The maximum absolute atomic E-state index is 11.7. The number of hydrogen-bond donors (Lipinski definition) is 3. The Bertz CT molecular complexity index is 469. The third-order valence-corrected chi connectivity index (χ3v) is 3.21. The molecule has 0 saturated heterocycles. The minimum atomic E-state index is -0.413. The van der Waals surface area contributed by atoms with Gasteiger partial charge in [0.05, 0.1) is 17.7 Å². The third kappa shape index (κ3) is 5.17. The molecule has 0 aliphatic rings. The summed E-state index contributed by atoms with van der Waals surface area (Å²) in [5.74, 6) is -0.176. The number of carbonyl (C=O) groups is 1. The van der Waals surface area contributed by atoms with E-state index in [0.717, 1.165) is 0 Å². The fourth-order valence-electron chi connectivity index (χ4n) is 1.54. The zero-order valence-corrected chi connectivity index (χ0v) is 12.9. The second-order valence-electron chi connectivity index (χ2n) is 4.28. The van der Waals surface area contributed by atoms with Gasteiger partial charge < -0.3 is 20.5 Å². The van der Waals surface area contributed by atoms with E-state index in [2.05, 4.69) is 10.6 Å². The van der Waals surface area contributed by atoms with E-state index in [0.29, 0.717) is 23.7 Å². The summed E-state index contributed by atoms with van der Waals surface area (Å²) >= 11 is 11.7. The predicted octanol–water partition coefficient (Wildman–Crippen LogP) is 1.94. The van der Waals surface area contributed by atoms with Crippen LogP contribution in [0.25, 0.3) is 0 Å². The summed E-state index contributed by atoms with van der Waals surface area (Å²) in [5, 5.41) is 16.1. The molecule has 1 atom stereocenters. The molecule has 112 valence electrons. The van der Waals surface area contributed by atoms with Crippen molar-refractivity contribution in [1.82, 2.24) is 10.6 Å². The molecule has 20 heavy (non-hydrogen) atoms. The molecule has 0 heterocycles. The predicted molar refractivity (Wildman–Crippen MR) is 79.3 cm³/mol. The van der Waals surface area contributed by atoms with Crippen molar-refractivity contribution in [3.05, 3.63) is 27.7 Å². The van der Waals surface area contributed by atoms with Gasteiger partial charge in [0.25, 0.3) is 0 Å². The number of rotatable bonds is 7. The van der Waals surface area contributed by atoms with E-state index in [1.165, 1.54) is 6.07 Å². The zero-order chi connectivity index (χ0) is 15.1. The van der Waals surface area contributed by atoms with Crippen LogP contribution in [0.2, 0.25) is 10.0 Å². The van der Waals surface area contributed by atoms with Gasteiger partial charge in [-0.1, -0.05) is 23.2 Å². The normalized spacial score (nSPS) is 12.2. The van der Waals surface area contributed by atoms with Crippen molar-refractivity contribution in [2.24, 2.45) is 0 Å². The molecule has 1 rings (SSSR count). The van der Waals surface area contributed by atoms with E-state index >= 15 is 0 Å². The van der Waals surface area contributed by atoms with Crippen LogP contribution in [0.4, 0.5) is 0 Å². The van der Waals surface area contributed by atoms with Crippen LogP contribution in [-0.4, -0.2) is 37.3 Å². The minimum absolute atomic E-state index is 0.0319. The van der Waals surface area contributed by atoms with Gasteiger partial charge in [-0.25, -0.2) is 0 Å². The topological polar surface area (TPSA) is 70.6 Å². The molecule has 0 spiro atoms. The van der Waals surface area contributed by atoms with Crippen molar-refractivity contribution >= 4 is 29.1 Å². The maximum Gasteiger partial charge on any atom is 0.236 e. The molecule has 5 nitrogen and oxygen atoms in total. The van der Waals surface area contributed by atoms with Crippen molar-refractivity contribution in [2.75, 3.05) is 20.3 Å². The van der Waals surface area contributed by atoms with Gasteiger partial charge >= 0.3 is 0 Å². The second kappa shape index (κ2) is 8.32. The van der Waals surface area contributed by atoms with E-state index < -0.39 is 6.04 Å². The summed E-state index contributed by atoms with van der Waals surface area (Å²) in [4.78, 5) is 11.7. The number of methoxy groups -OCH3 is 1. The van der Waals surface area contributed by atoms with Gasteiger partial charge in [0.1, 0.15) is 5.75 Å². The zero-order valence-electron chi connectivity index (χ0n) is 11.4. The van der Waals surface area contributed by atoms with Crippen LogP contribution in [0, 0.1) is 0 Å². The van der Waals surface area contributed by atoms with Crippen LogP contribution < -0.4 is 10.6 Å². The van der Waals surface area contributed by atoms with Crippen LogP contribution >= 0.6 is 23.2 Å². The highest BCUT2D eigenvalue weighted by atomic mass is 35.5. The maximum atomic E-state index is 11.7. The number of phenolic OH excluding ortho intramolecular Hbond substituents is 1. The fraction of sp³-hybridized carbons (Fsp3) is 0.462. The lowest BCUT2D eigenvalue weighted by Crippen LogP contribution is -2.42. The Labute approximate surface area is 128 Å². The lowest BCUT2D eigenvalue weighted by Gasteiger charge is -2.15. The molecular formula is C13H18Cl2N2O3. The lowest BCUT2D eigenvalue weighted by atomic mass is 10.2. The Morgan fingerprint density at radius 3 is 2.80 bits per heavy atom. The van der Waals surface area contributed by atoms with E-state index in [-0.39, 0.29) is 23.2 Å². The molecule has 7 heteroatoms. The van der Waals surface area contributed by atoms with Crippen LogP contribution in [0.3, 0.4) is 0 Å². The third-order valence-electron chi connectivity index (χ3n) is 2.70. The molecule has 0 fully saturated rings. The second-order valence-corrected chi connectivity index (χ2v) is 5.13. The number of nitrogens with one attached hydrogen (secondary N) is 2. The SMILES string of the molecule is COCCNC(=O)C(C)NCc1cc(Cl)cc(Cl)c1O. The van der Waals surface area contributed by atoms with E-state index in [1.54, 1.807) is 20.1 Å². The first-order valence-corrected chi connectivity index (χ1v) is 6.88. The highest BCUT2D eigenvalue weighted by Crippen LogP contribution is 2.30. The molecule has 0 aromatic heterocycles. The largest absolute Gasteiger partial charge is 0.506 e. The molecule has 1 unspecified atom stereocenters. The highest BCUT2D eigenvalue weighted by Gasteiger charge is 2.13. The van der Waals surface area contributed by atoms with Crippen molar-refractivity contribution in [1.29, 1.82) is 0 Å². The minimum Gasteiger partial charge on any atom is -0.506 e. The first kappa shape index (κ1) is 17.0. The van der Waals surface area contributed by atoms with Gasteiger partial charge in [0.2, 0.25) is 5.91 Å². The number of ether oxygens (including phenoxy) is 1. The van der Waals surface area contributed by atoms with Gasteiger partial charge in [0.15, 0.2) is 0 Å². The summed E-state index contributed by atoms with van der Waals surface area (Å²) in [7, 11) is 1.57. The quantitative estimate of drug-likeness (QED) is 0.671. The Hall–Kier alpha value is -1.01. The fourth-order valence-corrected chi connectivity index (χ4v) is 2.07. The molecule has 0 radical (unpaired) electrons. The van der Waals surface area contributed by atoms with Crippen molar-refractivity contribution in [2.45, 2.75) is 19.5 Å². The number of halogens is 2. The summed E-state index contributed by atoms with van der Waals surface area (Å²) in [6, 6.07) is 2.65. The molecule has 0 aliphatic carbocycles. The Morgan fingerprint density at radius 1 is 1.45 bits per heavy atom. The lowest BCUT2D eigenvalue weighted by molar-refractivity contribution is -0.123. The molecule has 3 N–H and O–H groups in total. The smallest absolute Gasteiger partial charge is 0.236 e. The van der Waals surface area contributed by atoms with Crippen LogP contribution in [0.5, 0.6) is 5.75 Å². The van der Waals surface area contributed by atoms with Crippen molar-refractivity contribution < 1.29 is 14.6 Å². The number of hydrogen-bond acceptors (Lipinski definition) is 4. The number of aromatic hydroxyl groups is 1. The number of phenols is 1. The van der Waals surface area contributed by atoms with E-state index in [4.69, 9.17) is 27.9 Å². The number of benzene rings is 1. The standard InChI is InChI=1S/C13H18Cl2N2O3/c1-8(13(19)16-3-4-20-2)17-7-9-5-10(14)6-11(15)12(9)18/h5-6,8,17-18H,3-4,7H2,1-2H3,(H,16,19). The molecule has 1 aromatic rings. The van der Waals surface area contributed by atoms with Crippen molar-refractivity contribution in [3.63, 3.8) is 0 Å². The van der Waals surface area contributed by atoms with Gasteiger partial charge in [-0.15, -0.1) is 0 Å². The van der Waals surface area contributed by atoms with Crippen molar-refractivity contribution in [3.8, 4) is 5.75 Å². The monoisotopic (exact) mass is 320 g/mol. The molecule has 1 aromatic carbocycles. The van der Waals surface area contributed by atoms with Gasteiger partial charge in [-0.3, -0.25) is 4.79 Å². The molecule has 0 saturated carbocycles. The van der Waals surface area contributed by atoms with Crippen LogP contribution in [0.15, 0.2) is 12.1 Å². The number of amides is 1. The van der Waals surface area contributed by atoms with E-state index in [9.17, 15) is 9.90 Å². The molecule has 0 aliphatic heterocycles. The Morgan fingerprint density at radius 2 is 2.15 bits per heavy atom. The summed E-state index contributed by atoms with van der Waals surface area (Å²) < 4.78 is 4.85. The molecule has 0 bridgehead atoms. The van der Waals surface area contributed by atoms with Gasteiger partial charge in [-0.05, 0) is 19.1 Å². The molecular weight excluding hydrogens is 303 g/mol. The average Bonchev–Trinajstić information content (AvgIpc) is 2.40. The average molecular weight is 321 g/mol. The van der Waals surface area contributed by atoms with Gasteiger partial charge in [-0.2, -0.15) is 0 Å².